The molecule has 0 amide bonds. The molecule has 1 aromatic carbocycles. The largest absolute Gasteiger partial charge is 0.392 e. The second-order valence-electron chi connectivity index (χ2n) is 1.64. The molecule has 0 aliphatic carbocycles. The summed E-state index contributed by atoms with van der Waals surface area (Å²) in [5.41, 5.74) is 0.965. The lowest BCUT2D eigenvalue weighted by molar-refractivity contribution is 0.282. The average Bonchev–Trinajstić information content (AvgIpc) is 1.90. The summed E-state index contributed by atoms with van der Waals surface area (Å²) < 4.78 is 0. The van der Waals surface area contributed by atoms with Gasteiger partial charge in [-0.1, -0.05) is 30.3 Å². The summed E-state index contributed by atoms with van der Waals surface area (Å²) in [7, 11) is 0. The molecular formula is C7H10MgO. The molecule has 46 valence electrons. The first-order valence-corrected chi connectivity index (χ1v) is 2.58. The Balaban J connectivity index is 0.000000640. The third-order valence-electron chi connectivity index (χ3n) is 1.03. The minimum Gasteiger partial charge on any atom is -0.392 e. The van der Waals surface area contributed by atoms with Gasteiger partial charge in [0.15, 0.2) is 0 Å². The summed E-state index contributed by atoms with van der Waals surface area (Å²) in [6.45, 7) is 0.140. The van der Waals surface area contributed by atoms with E-state index >= 15 is 0 Å². The molecular weight excluding hydrogens is 124 g/mol. The van der Waals surface area contributed by atoms with Crippen LogP contribution in [0.1, 0.15) is 5.56 Å². The van der Waals surface area contributed by atoms with Crippen LogP contribution in [0.2, 0.25) is 0 Å². The van der Waals surface area contributed by atoms with E-state index in [0.29, 0.717) is 0 Å². The molecule has 0 radical (unpaired) electrons. The maximum Gasteiger partial charge on any atom is 0.316 e. The van der Waals surface area contributed by atoms with Crippen molar-refractivity contribution in [2.75, 3.05) is 0 Å². The molecule has 0 heterocycles. The van der Waals surface area contributed by atoms with Crippen molar-refractivity contribution in [1.82, 2.24) is 0 Å². The van der Waals surface area contributed by atoms with Gasteiger partial charge in [-0.15, -0.1) is 0 Å². The normalized spacial score (nSPS) is 8.11. The van der Waals surface area contributed by atoms with E-state index in [-0.39, 0.29) is 29.7 Å². The monoisotopic (exact) mass is 134 g/mol. The fourth-order valence-electron chi connectivity index (χ4n) is 0.583. The van der Waals surface area contributed by atoms with E-state index in [1.54, 1.807) is 0 Å². The summed E-state index contributed by atoms with van der Waals surface area (Å²) in [6.07, 6.45) is 0. The highest BCUT2D eigenvalue weighted by atomic mass is 24.3. The second kappa shape index (κ2) is 4.79. The van der Waals surface area contributed by atoms with Gasteiger partial charge in [-0.05, 0) is 5.56 Å². The summed E-state index contributed by atoms with van der Waals surface area (Å²) in [4.78, 5) is 0. The minimum absolute atomic E-state index is 0. The fraction of sp³-hybridized carbons (Fsp3) is 0.143. The summed E-state index contributed by atoms with van der Waals surface area (Å²) in [5, 5.41) is 8.54. The van der Waals surface area contributed by atoms with E-state index in [0.717, 1.165) is 5.56 Å². The molecule has 1 rings (SSSR count). The van der Waals surface area contributed by atoms with Gasteiger partial charge in [-0.25, -0.2) is 0 Å². The van der Waals surface area contributed by atoms with Crippen LogP contribution in [-0.4, -0.2) is 28.2 Å². The molecule has 0 aliphatic heterocycles. The Labute approximate surface area is 70.9 Å². The lowest BCUT2D eigenvalue weighted by atomic mass is 10.2. The topological polar surface area (TPSA) is 20.2 Å². The first-order chi connectivity index (χ1) is 3.93. The molecule has 9 heavy (non-hydrogen) atoms. The molecule has 0 fully saturated rings. The SMILES string of the molecule is OCc1ccccc1.[MgH2]. The Kier molecular flexibility index (Phi) is 4.76. The van der Waals surface area contributed by atoms with E-state index in [9.17, 15) is 0 Å². The smallest absolute Gasteiger partial charge is 0.316 e. The van der Waals surface area contributed by atoms with Crippen LogP contribution in [0.3, 0.4) is 0 Å². The van der Waals surface area contributed by atoms with Crippen molar-refractivity contribution in [2.24, 2.45) is 0 Å². The molecule has 2 heteroatoms. The minimum atomic E-state index is 0. The van der Waals surface area contributed by atoms with E-state index in [4.69, 9.17) is 5.11 Å². The van der Waals surface area contributed by atoms with Gasteiger partial charge in [0.05, 0.1) is 6.61 Å². The Morgan fingerprint density at radius 2 is 1.67 bits per heavy atom. The predicted octanol–water partition coefficient (Wildman–Crippen LogP) is 0.263. The maximum absolute atomic E-state index is 8.54. The zero-order valence-electron chi connectivity index (χ0n) is 4.54. The highest BCUT2D eigenvalue weighted by Crippen LogP contribution is 1.95. The Morgan fingerprint density at radius 1 is 1.11 bits per heavy atom. The van der Waals surface area contributed by atoms with Gasteiger partial charge in [0.1, 0.15) is 0 Å². The molecule has 0 atom stereocenters. The number of rotatable bonds is 1. The van der Waals surface area contributed by atoms with Crippen molar-refractivity contribution in [3.8, 4) is 0 Å². The molecule has 0 saturated heterocycles. The van der Waals surface area contributed by atoms with Crippen molar-refractivity contribution in [1.29, 1.82) is 0 Å². The van der Waals surface area contributed by atoms with E-state index < -0.39 is 0 Å². The lowest BCUT2D eigenvalue weighted by Crippen LogP contribution is -1.77. The van der Waals surface area contributed by atoms with Gasteiger partial charge in [0.2, 0.25) is 0 Å². The van der Waals surface area contributed by atoms with Crippen molar-refractivity contribution >= 4 is 23.1 Å². The van der Waals surface area contributed by atoms with Crippen LogP contribution in [0, 0.1) is 0 Å². The van der Waals surface area contributed by atoms with Crippen molar-refractivity contribution < 1.29 is 5.11 Å². The summed E-state index contributed by atoms with van der Waals surface area (Å²) in [5.74, 6) is 0. The van der Waals surface area contributed by atoms with Crippen LogP contribution in [0.5, 0.6) is 0 Å². The quantitative estimate of drug-likeness (QED) is 0.547. The fourth-order valence-corrected chi connectivity index (χ4v) is 0.583. The Bertz CT molecular complexity index is 150. The van der Waals surface area contributed by atoms with Crippen molar-refractivity contribution in [3.63, 3.8) is 0 Å². The van der Waals surface area contributed by atoms with Crippen LogP contribution in [0.25, 0.3) is 0 Å². The van der Waals surface area contributed by atoms with Crippen LogP contribution < -0.4 is 0 Å². The highest BCUT2D eigenvalue weighted by molar-refractivity contribution is 5.75. The third kappa shape index (κ3) is 2.84. The van der Waals surface area contributed by atoms with Crippen LogP contribution >= 0.6 is 0 Å². The van der Waals surface area contributed by atoms with Gasteiger partial charge in [-0.3, -0.25) is 0 Å². The molecule has 0 spiro atoms. The van der Waals surface area contributed by atoms with Crippen LogP contribution in [-0.2, 0) is 6.61 Å². The van der Waals surface area contributed by atoms with Crippen LogP contribution in [0.4, 0.5) is 0 Å². The molecule has 1 aromatic rings. The zero-order valence-corrected chi connectivity index (χ0v) is 4.54. The molecule has 0 aromatic heterocycles. The number of hydrogen-bond donors (Lipinski definition) is 1. The summed E-state index contributed by atoms with van der Waals surface area (Å²) in [6, 6.07) is 9.52. The van der Waals surface area contributed by atoms with Gasteiger partial charge in [-0.2, -0.15) is 0 Å². The van der Waals surface area contributed by atoms with Gasteiger partial charge in [0, 0.05) is 0 Å². The molecule has 0 saturated carbocycles. The van der Waals surface area contributed by atoms with E-state index in [1.165, 1.54) is 0 Å². The molecule has 0 unspecified atom stereocenters. The molecule has 0 bridgehead atoms. The zero-order chi connectivity index (χ0) is 5.82. The first-order valence-electron chi connectivity index (χ1n) is 2.58. The second-order valence-corrected chi connectivity index (χ2v) is 1.64. The Morgan fingerprint density at radius 3 is 2.00 bits per heavy atom. The number of hydrogen-bond acceptors (Lipinski definition) is 1. The number of aliphatic hydroxyl groups excluding tert-OH is 1. The molecule has 0 aliphatic rings. The van der Waals surface area contributed by atoms with Gasteiger partial charge in [0.25, 0.3) is 0 Å². The van der Waals surface area contributed by atoms with Gasteiger partial charge >= 0.3 is 23.1 Å². The van der Waals surface area contributed by atoms with E-state index in [1.807, 2.05) is 30.3 Å². The standard InChI is InChI=1S/C7H8O.Mg.2H/c8-6-7-4-2-1-3-5-7;;;/h1-5,8H,6H2;;;. The molecule has 1 nitrogen and oxygen atoms in total. The van der Waals surface area contributed by atoms with Crippen molar-refractivity contribution in [2.45, 2.75) is 6.61 Å². The van der Waals surface area contributed by atoms with Gasteiger partial charge < -0.3 is 5.11 Å². The van der Waals surface area contributed by atoms with Crippen molar-refractivity contribution in [3.05, 3.63) is 35.9 Å². The average molecular weight is 134 g/mol. The Hall–Kier alpha value is -0.0538. The van der Waals surface area contributed by atoms with E-state index in [2.05, 4.69) is 0 Å². The van der Waals surface area contributed by atoms with Crippen LogP contribution in [0.15, 0.2) is 30.3 Å². The maximum atomic E-state index is 8.54. The number of benzene rings is 1. The third-order valence-corrected chi connectivity index (χ3v) is 1.03. The first kappa shape index (κ1) is 8.95. The summed E-state index contributed by atoms with van der Waals surface area (Å²) >= 11 is 0. The predicted molar refractivity (Wildman–Crippen MR) is 40.9 cm³/mol. The lowest BCUT2D eigenvalue weighted by Gasteiger charge is -1.89. The highest BCUT2D eigenvalue weighted by Gasteiger charge is 1.81. The molecule has 1 N–H and O–H groups in total. The number of aliphatic hydroxyl groups is 1.